The molecule has 0 unspecified atom stereocenters. The number of aromatic nitrogens is 1. The van der Waals surface area contributed by atoms with Crippen LogP contribution in [-0.2, 0) is 22.7 Å². The molecule has 0 aliphatic carbocycles. The van der Waals surface area contributed by atoms with Crippen LogP contribution in [0.15, 0.2) is 53.6 Å². The van der Waals surface area contributed by atoms with Crippen molar-refractivity contribution in [1.82, 2.24) is 10.4 Å². The maximum atomic E-state index is 12.2. The fourth-order valence-electron chi connectivity index (χ4n) is 3.42. The highest BCUT2D eigenvalue weighted by molar-refractivity contribution is 5.83. The number of ether oxygens (including phenoxy) is 4. The third kappa shape index (κ3) is 8.24. The van der Waals surface area contributed by atoms with Gasteiger partial charge in [-0.2, -0.15) is 10.4 Å². The largest absolute Gasteiger partial charge is 0.490 e. The van der Waals surface area contributed by atoms with E-state index in [0.29, 0.717) is 34.9 Å². The third-order valence-corrected chi connectivity index (χ3v) is 5.16. The fourth-order valence-corrected chi connectivity index (χ4v) is 3.42. The molecule has 39 heavy (non-hydrogen) atoms. The minimum atomic E-state index is -0.542. The van der Waals surface area contributed by atoms with Gasteiger partial charge < -0.3 is 18.9 Å². The molecule has 3 aromatic rings. The Morgan fingerprint density at radius 3 is 2.56 bits per heavy atom. The lowest BCUT2D eigenvalue weighted by Gasteiger charge is -2.12. The van der Waals surface area contributed by atoms with Crippen molar-refractivity contribution in [2.45, 2.75) is 27.1 Å². The Morgan fingerprint density at radius 1 is 1.13 bits per heavy atom. The maximum Gasteiger partial charge on any atom is 0.278 e. The van der Waals surface area contributed by atoms with Crippen LogP contribution in [0.3, 0.4) is 0 Å². The average molecular weight is 534 g/mol. The smallest absolute Gasteiger partial charge is 0.278 e. The van der Waals surface area contributed by atoms with Gasteiger partial charge in [-0.25, -0.2) is 10.4 Å². The highest BCUT2D eigenvalue weighted by Crippen LogP contribution is 2.29. The summed E-state index contributed by atoms with van der Waals surface area (Å²) in [6.07, 6.45) is 1.43. The first-order chi connectivity index (χ1) is 18.8. The van der Waals surface area contributed by atoms with E-state index in [1.165, 1.54) is 25.5 Å². The average Bonchev–Trinajstić information content (AvgIpc) is 2.92. The molecule has 0 radical (unpaired) electrons. The topological polar surface area (TPSA) is 158 Å². The van der Waals surface area contributed by atoms with Crippen LogP contribution >= 0.6 is 0 Å². The molecule has 0 aliphatic heterocycles. The first-order valence-corrected chi connectivity index (χ1v) is 11.8. The van der Waals surface area contributed by atoms with Crippen LogP contribution in [0, 0.1) is 28.4 Å². The number of hydrazone groups is 1. The number of nitro benzene ring substituents is 1. The van der Waals surface area contributed by atoms with E-state index in [-0.39, 0.29) is 30.3 Å². The van der Waals surface area contributed by atoms with E-state index in [0.717, 1.165) is 5.56 Å². The number of carbonyl (C=O) groups is 1. The van der Waals surface area contributed by atoms with Gasteiger partial charge >= 0.3 is 0 Å². The van der Waals surface area contributed by atoms with Gasteiger partial charge in [-0.15, -0.1) is 0 Å². The van der Waals surface area contributed by atoms with Gasteiger partial charge in [0.2, 0.25) is 5.88 Å². The van der Waals surface area contributed by atoms with E-state index in [1.807, 2.05) is 13.0 Å². The second kappa shape index (κ2) is 14.1. The third-order valence-electron chi connectivity index (χ3n) is 5.16. The van der Waals surface area contributed by atoms with Gasteiger partial charge in [0.1, 0.15) is 18.2 Å². The summed E-state index contributed by atoms with van der Waals surface area (Å²) in [5, 5.41) is 24.2. The molecule has 0 atom stereocenters. The first-order valence-electron chi connectivity index (χ1n) is 11.8. The summed E-state index contributed by atoms with van der Waals surface area (Å²) < 4.78 is 22.1. The summed E-state index contributed by atoms with van der Waals surface area (Å²) >= 11 is 0. The molecule has 1 heterocycles. The molecule has 1 N–H and O–H groups in total. The summed E-state index contributed by atoms with van der Waals surface area (Å²) in [4.78, 5) is 26.8. The number of rotatable bonds is 13. The number of hydrogen-bond acceptors (Lipinski definition) is 10. The fraction of sp³-hybridized carbons (Fsp3) is 0.259. The number of carbonyl (C=O) groups excluding carboxylic acids is 1. The highest BCUT2D eigenvalue weighted by atomic mass is 16.6. The quantitative estimate of drug-likeness (QED) is 0.196. The molecule has 0 spiro atoms. The van der Waals surface area contributed by atoms with E-state index in [2.05, 4.69) is 15.5 Å². The minimum Gasteiger partial charge on any atom is -0.490 e. The van der Waals surface area contributed by atoms with Crippen LogP contribution in [0.2, 0.25) is 0 Å². The second-order valence-electron chi connectivity index (χ2n) is 8.08. The summed E-state index contributed by atoms with van der Waals surface area (Å²) in [5.41, 5.74) is 5.22. The van der Waals surface area contributed by atoms with Crippen molar-refractivity contribution in [1.29, 1.82) is 5.26 Å². The van der Waals surface area contributed by atoms with E-state index in [1.54, 1.807) is 43.3 Å². The number of nitrogens with one attached hydrogen (secondary N) is 1. The molecule has 12 heteroatoms. The van der Waals surface area contributed by atoms with Crippen molar-refractivity contribution in [2.24, 2.45) is 5.10 Å². The van der Waals surface area contributed by atoms with Gasteiger partial charge in [0.25, 0.3) is 11.6 Å². The van der Waals surface area contributed by atoms with Gasteiger partial charge in [-0.3, -0.25) is 14.9 Å². The monoisotopic (exact) mass is 533 g/mol. The van der Waals surface area contributed by atoms with Gasteiger partial charge in [0.05, 0.1) is 24.4 Å². The number of non-ortho nitro benzene ring substituents is 1. The predicted octanol–water partition coefficient (Wildman–Crippen LogP) is 3.82. The Kier molecular flexibility index (Phi) is 10.3. The molecule has 0 fully saturated rings. The molecular formula is C27H27N5O7. The molecule has 12 nitrogen and oxygen atoms in total. The lowest BCUT2D eigenvalue weighted by atomic mass is 10.1. The molecule has 3 rings (SSSR count). The number of hydrogen-bond donors (Lipinski definition) is 1. The number of nitriles is 1. The van der Waals surface area contributed by atoms with Crippen molar-refractivity contribution < 1.29 is 28.7 Å². The Bertz CT molecular complexity index is 1380. The van der Waals surface area contributed by atoms with Crippen molar-refractivity contribution in [2.75, 3.05) is 20.3 Å². The molecule has 1 aromatic heterocycles. The van der Waals surface area contributed by atoms with E-state index in [9.17, 15) is 20.2 Å². The van der Waals surface area contributed by atoms with Crippen molar-refractivity contribution in [3.8, 4) is 23.4 Å². The molecular weight excluding hydrogens is 506 g/mol. The molecule has 0 bridgehead atoms. The number of methoxy groups -OCH3 is 1. The Hall–Kier alpha value is -5.02. The standard InChI is InChI=1S/C27H27N5O7/c1-4-37-25-12-20(7-10-24(25)38-15-19-5-8-22(9-6-19)32(34)35)14-29-31-26(33)17-39-27-23(13-28)21(16-36-3)11-18(2)30-27/h5-12,14H,4,15-17H2,1-3H3,(H,31,33)/b29-14+. The molecule has 2 aromatic carbocycles. The predicted molar refractivity (Wildman–Crippen MR) is 141 cm³/mol. The van der Waals surface area contributed by atoms with Gasteiger partial charge in [0, 0.05) is 30.5 Å². The van der Waals surface area contributed by atoms with Crippen LogP contribution in [0.5, 0.6) is 17.4 Å². The zero-order chi connectivity index (χ0) is 28.2. The summed E-state index contributed by atoms with van der Waals surface area (Å²) in [6.45, 7) is 3.99. The second-order valence-corrected chi connectivity index (χ2v) is 8.08. The van der Waals surface area contributed by atoms with Crippen LogP contribution in [0.1, 0.15) is 34.9 Å². The Balaban J connectivity index is 1.59. The van der Waals surface area contributed by atoms with Crippen molar-refractivity contribution in [3.63, 3.8) is 0 Å². The van der Waals surface area contributed by atoms with Crippen LogP contribution in [0.4, 0.5) is 5.69 Å². The van der Waals surface area contributed by atoms with Gasteiger partial charge in [-0.1, -0.05) is 0 Å². The molecule has 0 saturated heterocycles. The van der Waals surface area contributed by atoms with Crippen LogP contribution < -0.4 is 19.6 Å². The first kappa shape index (κ1) is 28.5. The summed E-state index contributed by atoms with van der Waals surface area (Å²) in [5.74, 6) is 0.463. The number of pyridine rings is 1. The van der Waals surface area contributed by atoms with E-state index in [4.69, 9.17) is 18.9 Å². The van der Waals surface area contributed by atoms with E-state index < -0.39 is 17.4 Å². The SMILES string of the molecule is CCOc1cc(/C=N/NC(=O)COc2nc(C)cc(COC)c2C#N)ccc1OCc1ccc([N+](=O)[O-])cc1. The maximum absolute atomic E-state index is 12.2. The Labute approximate surface area is 224 Å². The number of benzene rings is 2. The lowest BCUT2D eigenvalue weighted by Crippen LogP contribution is -2.25. The lowest BCUT2D eigenvalue weighted by molar-refractivity contribution is -0.384. The molecule has 0 aliphatic rings. The summed E-state index contributed by atoms with van der Waals surface area (Å²) in [7, 11) is 1.52. The van der Waals surface area contributed by atoms with Crippen molar-refractivity contribution >= 4 is 17.8 Å². The van der Waals surface area contributed by atoms with E-state index >= 15 is 0 Å². The minimum absolute atomic E-state index is 0.00557. The summed E-state index contributed by atoms with van der Waals surface area (Å²) in [6, 6.07) is 15.0. The normalized spacial score (nSPS) is 10.6. The Morgan fingerprint density at radius 2 is 1.90 bits per heavy atom. The highest BCUT2D eigenvalue weighted by Gasteiger charge is 2.14. The molecule has 0 saturated carbocycles. The van der Waals surface area contributed by atoms with Gasteiger partial charge in [-0.05, 0) is 61.4 Å². The number of nitrogens with zero attached hydrogens (tertiary/aromatic N) is 4. The molecule has 202 valence electrons. The number of amides is 1. The molecule has 1 amide bonds. The van der Waals surface area contributed by atoms with Crippen molar-refractivity contribution in [3.05, 3.63) is 86.6 Å². The zero-order valence-electron chi connectivity index (χ0n) is 21.7. The zero-order valence-corrected chi connectivity index (χ0v) is 21.7. The van der Waals surface area contributed by atoms with Gasteiger partial charge in [0.15, 0.2) is 18.1 Å². The van der Waals surface area contributed by atoms with Crippen LogP contribution in [-0.4, -0.2) is 42.4 Å². The number of nitro groups is 1. The number of aryl methyl sites for hydroxylation is 1. The van der Waals surface area contributed by atoms with Crippen LogP contribution in [0.25, 0.3) is 0 Å².